The highest BCUT2D eigenvalue weighted by Gasteiger charge is 2.10. The second kappa shape index (κ2) is 6.88. The predicted octanol–water partition coefficient (Wildman–Crippen LogP) is 3.89. The first-order valence-corrected chi connectivity index (χ1v) is 7.68. The maximum absolute atomic E-state index is 9.04. The highest BCUT2D eigenvalue weighted by molar-refractivity contribution is 5.56. The van der Waals surface area contributed by atoms with E-state index in [2.05, 4.69) is 26.3 Å². The molecule has 1 aromatic carbocycles. The molecule has 0 saturated heterocycles. The summed E-state index contributed by atoms with van der Waals surface area (Å²) in [6.45, 7) is 3.98. The minimum atomic E-state index is 0.0225. The van der Waals surface area contributed by atoms with Gasteiger partial charge < -0.3 is 5.32 Å². The van der Waals surface area contributed by atoms with E-state index in [9.17, 15) is 0 Å². The second-order valence-corrected chi connectivity index (χ2v) is 5.56. The van der Waals surface area contributed by atoms with Crippen molar-refractivity contribution >= 4 is 5.82 Å². The van der Waals surface area contributed by atoms with Gasteiger partial charge >= 0.3 is 0 Å². The number of nitriles is 1. The standard InChI is InChI=1S/C19H17N5/c1-13-9-18(24-19(22-13)17-7-4-8-21-12-17)23-14(2)16-6-3-5-15(10-16)11-20/h3-10,12,14H,1-2H3,(H,22,23,24). The zero-order valence-corrected chi connectivity index (χ0v) is 13.6. The highest BCUT2D eigenvalue weighted by Crippen LogP contribution is 2.22. The van der Waals surface area contributed by atoms with Crippen molar-refractivity contribution in [2.24, 2.45) is 0 Å². The van der Waals surface area contributed by atoms with Gasteiger partial charge in [0.05, 0.1) is 11.6 Å². The van der Waals surface area contributed by atoms with Crippen LogP contribution in [0.5, 0.6) is 0 Å². The molecule has 24 heavy (non-hydrogen) atoms. The van der Waals surface area contributed by atoms with Crippen LogP contribution in [0, 0.1) is 18.3 Å². The van der Waals surface area contributed by atoms with Gasteiger partial charge in [0, 0.05) is 35.8 Å². The number of nitrogens with zero attached hydrogens (tertiary/aromatic N) is 4. The lowest BCUT2D eigenvalue weighted by atomic mass is 10.1. The zero-order valence-electron chi connectivity index (χ0n) is 13.6. The topological polar surface area (TPSA) is 74.5 Å². The number of hydrogen-bond donors (Lipinski definition) is 1. The van der Waals surface area contributed by atoms with E-state index in [1.54, 1.807) is 18.5 Å². The zero-order chi connectivity index (χ0) is 16.9. The Morgan fingerprint density at radius 1 is 1.12 bits per heavy atom. The summed E-state index contributed by atoms with van der Waals surface area (Å²) in [5.74, 6) is 1.39. The van der Waals surface area contributed by atoms with Crippen LogP contribution in [-0.4, -0.2) is 15.0 Å². The summed E-state index contributed by atoms with van der Waals surface area (Å²) in [7, 11) is 0. The lowest BCUT2D eigenvalue weighted by Crippen LogP contribution is -2.09. The molecule has 1 N–H and O–H groups in total. The van der Waals surface area contributed by atoms with Crippen LogP contribution in [0.15, 0.2) is 54.9 Å². The smallest absolute Gasteiger partial charge is 0.163 e. The Morgan fingerprint density at radius 3 is 2.75 bits per heavy atom. The molecule has 0 aliphatic rings. The number of rotatable bonds is 4. The molecule has 5 heteroatoms. The fourth-order valence-corrected chi connectivity index (χ4v) is 2.45. The van der Waals surface area contributed by atoms with Gasteiger partial charge in [-0.3, -0.25) is 4.98 Å². The summed E-state index contributed by atoms with van der Waals surface area (Å²) < 4.78 is 0. The molecule has 1 atom stereocenters. The minimum Gasteiger partial charge on any atom is -0.363 e. The maximum Gasteiger partial charge on any atom is 0.163 e. The van der Waals surface area contributed by atoms with Crippen molar-refractivity contribution in [3.05, 3.63) is 71.7 Å². The molecule has 0 radical (unpaired) electrons. The molecular weight excluding hydrogens is 298 g/mol. The fraction of sp³-hybridized carbons (Fsp3) is 0.158. The van der Waals surface area contributed by atoms with Gasteiger partial charge in [0.25, 0.3) is 0 Å². The SMILES string of the molecule is Cc1cc(NC(C)c2cccc(C#N)c2)nc(-c2cccnc2)n1. The van der Waals surface area contributed by atoms with Crippen LogP contribution < -0.4 is 5.32 Å². The number of benzene rings is 1. The van der Waals surface area contributed by atoms with Crippen LogP contribution >= 0.6 is 0 Å². The summed E-state index contributed by atoms with van der Waals surface area (Å²) in [6.07, 6.45) is 3.47. The molecule has 2 heterocycles. The largest absolute Gasteiger partial charge is 0.363 e. The molecule has 0 aliphatic heterocycles. The molecule has 0 bridgehead atoms. The normalized spacial score (nSPS) is 11.5. The van der Waals surface area contributed by atoms with Crippen molar-refractivity contribution in [2.75, 3.05) is 5.32 Å². The van der Waals surface area contributed by atoms with E-state index in [-0.39, 0.29) is 6.04 Å². The Balaban J connectivity index is 1.87. The van der Waals surface area contributed by atoms with Crippen LogP contribution in [0.2, 0.25) is 0 Å². The average Bonchev–Trinajstić information content (AvgIpc) is 2.62. The maximum atomic E-state index is 9.04. The Labute approximate surface area is 141 Å². The van der Waals surface area contributed by atoms with Crippen molar-refractivity contribution in [3.63, 3.8) is 0 Å². The van der Waals surface area contributed by atoms with Gasteiger partial charge in [-0.2, -0.15) is 5.26 Å². The molecule has 118 valence electrons. The Bertz CT molecular complexity index is 884. The Morgan fingerprint density at radius 2 is 2.00 bits per heavy atom. The molecule has 3 rings (SSSR count). The summed E-state index contributed by atoms with van der Waals surface area (Å²) >= 11 is 0. The van der Waals surface area contributed by atoms with Gasteiger partial charge in [-0.1, -0.05) is 12.1 Å². The van der Waals surface area contributed by atoms with E-state index in [1.165, 1.54) is 0 Å². The average molecular weight is 315 g/mol. The minimum absolute atomic E-state index is 0.0225. The Hall–Kier alpha value is -3.26. The van der Waals surface area contributed by atoms with Gasteiger partial charge in [0.1, 0.15) is 5.82 Å². The first-order chi connectivity index (χ1) is 11.7. The predicted molar refractivity (Wildman–Crippen MR) is 93.2 cm³/mol. The van der Waals surface area contributed by atoms with Gasteiger partial charge in [0.15, 0.2) is 5.82 Å². The molecule has 5 nitrogen and oxygen atoms in total. The number of anilines is 1. The molecular formula is C19H17N5. The number of aryl methyl sites for hydroxylation is 1. The molecule has 0 aliphatic carbocycles. The molecule has 0 fully saturated rings. The van der Waals surface area contributed by atoms with Gasteiger partial charge in [0.2, 0.25) is 0 Å². The molecule has 0 amide bonds. The third kappa shape index (κ3) is 3.55. The van der Waals surface area contributed by atoms with E-state index < -0.39 is 0 Å². The number of pyridine rings is 1. The lowest BCUT2D eigenvalue weighted by Gasteiger charge is -2.16. The van der Waals surface area contributed by atoms with Crippen molar-refractivity contribution in [1.29, 1.82) is 5.26 Å². The van der Waals surface area contributed by atoms with Gasteiger partial charge in [-0.25, -0.2) is 9.97 Å². The first-order valence-electron chi connectivity index (χ1n) is 7.68. The van der Waals surface area contributed by atoms with Crippen LogP contribution in [0.1, 0.15) is 29.8 Å². The third-order valence-corrected chi connectivity index (χ3v) is 3.65. The number of aromatic nitrogens is 3. The van der Waals surface area contributed by atoms with E-state index in [0.29, 0.717) is 11.4 Å². The molecule has 1 unspecified atom stereocenters. The van der Waals surface area contributed by atoms with Crippen LogP contribution in [0.25, 0.3) is 11.4 Å². The number of nitrogens with one attached hydrogen (secondary N) is 1. The summed E-state index contributed by atoms with van der Waals surface area (Å²) in [5.41, 5.74) is 3.44. The van der Waals surface area contributed by atoms with Crippen LogP contribution in [0.4, 0.5) is 5.82 Å². The quantitative estimate of drug-likeness (QED) is 0.790. The Kier molecular flexibility index (Phi) is 4.48. The first kappa shape index (κ1) is 15.6. The van der Waals surface area contributed by atoms with E-state index in [1.807, 2.05) is 50.2 Å². The van der Waals surface area contributed by atoms with Crippen molar-refractivity contribution in [1.82, 2.24) is 15.0 Å². The van der Waals surface area contributed by atoms with Crippen LogP contribution in [-0.2, 0) is 0 Å². The van der Waals surface area contributed by atoms with Gasteiger partial charge in [-0.15, -0.1) is 0 Å². The van der Waals surface area contributed by atoms with E-state index in [4.69, 9.17) is 5.26 Å². The van der Waals surface area contributed by atoms with Gasteiger partial charge in [-0.05, 0) is 43.7 Å². The fourth-order valence-electron chi connectivity index (χ4n) is 2.45. The molecule has 2 aromatic heterocycles. The molecule has 0 spiro atoms. The monoisotopic (exact) mass is 315 g/mol. The van der Waals surface area contributed by atoms with Crippen molar-refractivity contribution in [3.8, 4) is 17.5 Å². The highest BCUT2D eigenvalue weighted by atomic mass is 15.0. The third-order valence-electron chi connectivity index (χ3n) is 3.65. The summed E-state index contributed by atoms with van der Waals surface area (Å²) in [5, 5.41) is 12.4. The summed E-state index contributed by atoms with van der Waals surface area (Å²) in [4.78, 5) is 13.2. The lowest BCUT2D eigenvalue weighted by molar-refractivity contribution is 0.870. The second-order valence-electron chi connectivity index (χ2n) is 5.56. The van der Waals surface area contributed by atoms with Crippen molar-refractivity contribution < 1.29 is 0 Å². The van der Waals surface area contributed by atoms with Crippen LogP contribution in [0.3, 0.4) is 0 Å². The van der Waals surface area contributed by atoms with E-state index >= 15 is 0 Å². The summed E-state index contributed by atoms with van der Waals surface area (Å²) in [6, 6.07) is 15.5. The van der Waals surface area contributed by atoms with Crippen molar-refractivity contribution in [2.45, 2.75) is 19.9 Å². The molecule has 0 saturated carbocycles. The molecule has 3 aromatic rings. The number of hydrogen-bond acceptors (Lipinski definition) is 5. The van der Waals surface area contributed by atoms with E-state index in [0.717, 1.165) is 22.6 Å².